The Balaban J connectivity index is 2.20. The predicted octanol–water partition coefficient (Wildman–Crippen LogP) is 2.60. The molecule has 0 atom stereocenters. The van der Waals surface area contributed by atoms with Crippen molar-refractivity contribution in [3.05, 3.63) is 65.2 Å². The minimum absolute atomic E-state index is 0.190. The van der Waals surface area contributed by atoms with Crippen molar-refractivity contribution in [1.82, 2.24) is 0 Å². The van der Waals surface area contributed by atoms with Crippen molar-refractivity contribution in [2.75, 3.05) is 12.4 Å². The number of anilines is 1. The number of para-hydroxylation sites is 1. The monoisotopic (exact) mass is 297 g/mol. The molecule has 0 radical (unpaired) electrons. The van der Waals surface area contributed by atoms with Crippen LogP contribution in [0.25, 0.3) is 0 Å². The van der Waals surface area contributed by atoms with Gasteiger partial charge in [-0.05, 0) is 19.1 Å². The summed E-state index contributed by atoms with van der Waals surface area (Å²) in [6.07, 6.45) is 0. The number of aryl methyl sites for hydroxylation is 1. The van der Waals surface area contributed by atoms with Gasteiger partial charge in [0.25, 0.3) is 11.7 Å². The highest BCUT2D eigenvalue weighted by molar-refractivity contribution is 6.46. The predicted molar refractivity (Wildman–Crippen MR) is 81.9 cm³/mol. The number of methoxy groups -OCH3 is 1. The molecule has 5 nitrogen and oxygen atoms in total. The lowest BCUT2D eigenvalue weighted by molar-refractivity contribution is -0.112. The first kappa shape index (κ1) is 15.4. The Kier molecular flexibility index (Phi) is 4.68. The summed E-state index contributed by atoms with van der Waals surface area (Å²) in [5, 5.41) is 2.45. The van der Waals surface area contributed by atoms with E-state index in [1.54, 1.807) is 36.4 Å². The van der Waals surface area contributed by atoms with Gasteiger partial charge in [0.05, 0.1) is 18.4 Å². The average molecular weight is 297 g/mol. The molecule has 0 saturated heterocycles. The van der Waals surface area contributed by atoms with E-state index in [1.807, 2.05) is 6.92 Å². The number of hydrogen-bond donors (Lipinski definition) is 1. The van der Waals surface area contributed by atoms with Gasteiger partial charge in [0.1, 0.15) is 0 Å². The van der Waals surface area contributed by atoms with Crippen molar-refractivity contribution in [1.29, 1.82) is 0 Å². The Morgan fingerprint density at radius 2 is 1.59 bits per heavy atom. The first-order chi connectivity index (χ1) is 10.5. The number of esters is 1. The minimum Gasteiger partial charge on any atom is -0.465 e. The maximum atomic E-state index is 12.1. The van der Waals surface area contributed by atoms with Gasteiger partial charge in [-0.25, -0.2) is 4.79 Å². The topological polar surface area (TPSA) is 72.5 Å². The molecule has 0 aliphatic heterocycles. The van der Waals surface area contributed by atoms with Gasteiger partial charge in [-0.1, -0.05) is 42.0 Å². The summed E-state index contributed by atoms with van der Waals surface area (Å²) in [6.45, 7) is 1.89. The molecule has 1 N–H and O–H groups in total. The Morgan fingerprint density at radius 1 is 0.955 bits per heavy atom. The highest BCUT2D eigenvalue weighted by atomic mass is 16.5. The number of ether oxygens (including phenoxy) is 1. The van der Waals surface area contributed by atoms with Crippen molar-refractivity contribution >= 4 is 23.3 Å². The first-order valence-electron chi connectivity index (χ1n) is 6.62. The van der Waals surface area contributed by atoms with E-state index < -0.39 is 17.7 Å². The summed E-state index contributed by atoms with van der Waals surface area (Å²) in [5.41, 5.74) is 1.71. The number of ketones is 1. The van der Waals surface area contributed by atoms with Crippen LogP contribution < -0.4 is 5.32 Å². The molecule has 0 spiro atoms. The molecule has 0 saturated carbocycles. The second kappa shape index (κ2) is 6.67. The molecule has 0 bridgehead atoms. The van der Waals surface area contributed by atoms with Crippen LogP contribution in [0.3, 0.4) is 0 Å². The molecule has 2 aromatic rings. The molecule has 2 rings (SSSR count). The van der Waals surface area contributed by atoms with Crippen LogP contribution in [0.5, 0.6) is 0 Å². The van der Waals surface area contributed by atoms with Crippen LogP contribution >= 0.6 is 0 Å². The minimum atomic E-state index is -0.805. The standard InChI is InChI=1S/C17H15NO4/c1-11-7-9-12(10-8-11)15(19)16(20)18-14-6-4-3-5-13(14)17(21)22-2/h3-10H,1-2H3,(H,18,20). The van der Waals surface area contributed by atoms with E-state index in [0.29, 0.717) is 5.56 Å². The molecule has 0 aromatic heterocycles. The first-order valence-corrected chi connectivity index (χ1v) is 6.62. The van der Waals surface area contributed by atoms with Crippen LogP contribution in [0, 0.1) is 6.92 Å². The van der Waals surface area contributed by atoms with Gasteiger partial charge in [0.2, 0.25) is 0 Å². The van der Waals surface area contributed by atoms with Crippen molar-refractivity contribution in [3.8, 4) is 0 Å². The molecular weight excluding hydrogens is 282 g/mol. The highest BCUT2D eigenvalue weighted by Crippen LogP contribution is 2.16. The van der Waals surface area contributed by atoms with Gasteiger partial charge in [-0.15, -0.1) is 0 Å². The summed E-state index contributed by atoms with van der Waals surface area (Å²) >= 11 is 0. The number of Topliss-reactive ketones (excluding diaryl/α,β-unsaturated/α-hetero) is 1. The Bertz CT molecular complexity index is 720. The Hall–Kier alpha value is -2.95. The second-order valence-electron chi connectivity index (χ2n) is 4.69. The summed E-state index contributed by atoms with van der Waals surface area (Å²) in [5.74, 6) is -2.06. The Labute approximate surface area is 127 Å². The summed E-state index contributed by atoms with van der Waals surface area (Å²) in [7, 11) is 1.25. The van der Waals surface area contributed by atoms with Gasteiger partial charge in [-0.3, -0.25) is 9.59 Å². The second-order valence-corrected chi connectivity index (χ2v) is 4.69. The number of rotatable bonds is 4. The molecule has 112 valence electrons. The zero-order valence-corrected chi connectivity index (χ0v) is 12.3. The van der Waals surface area contributed by atoms with Gasteiger partial charge in [0.15, 0.2) is 0 Å². The SMILES string of the molecule is COC(=O)c1ccccc1NC(=O)C(=O)c1ccc(C)cc1. The fourth-order valence-corrected chi connectivity index (χ4v) is 1.90. The molecule has 0 aliphatic rings. The Morgan fingerprint density at radius 3 is 2.23 bits per heavy atom. The number of carbonyl (C=O) groups is 3. The van der Waals surface area contributed by atoms with Crippen LogP contribution in [-0.2, 0) is 9.53 Å². The smallest absolute Gasteiger partial charge is 0.339 e. The summed E-state index contributed by atoms with van der Waals surface area (Å²) in [4.78, 5) is 35.8. The summed E-state index contributed by atoms with van der Waals surface area (Å²) in [6, 6.07) is 13.0. The fraction of sp³-hybridized carbons (Fsp3) is 0.118. The van der Waals surface area contributed by atoms with E-state index in [1.165, 1.54) is 19.2 Å². The van der Waals surface area contributed by atoms with Gasteiger partial charge in [-0.2, -0.15) is 0 Å². The van der Waals surface area contributed by atoms with Gasteiger partial charge >= 0.3 is 5.97 Å². The number of amides is 1. The number of nitrogens with one attached hydrogen (secondary N) is 1. The molecule has 1 amide bonds. The largest absolute Gasteiger partial charge is 0.465 e. The van der Waals surface area contributed by atoms with E-state index in [-0.39, 0.29) is 11.3 Å². The van der Waals surface area contributed by atoms with Crippen molar-refractivity contribution in [3.63, 3.8) is 0 Å². The molecular formula is C17H15NO4. The molecule has 22 heavy (non-hydrogen) atoms. The third kappa shape index (κ3) is 3.38. The van der Waals surface area contributed by atoms with Crippen molar-refractivity contribution in [2.24, 2.45) is 0 Å². The van der Waals surface area contributed by atoms with Crippen molar-refractivity contribution < 1.29 is 19.1 Å². The van der Waals surface area contributed by atoms with Crippen LogP contribution in [0.2, 0.25) is 0 Å². The van der Waals surface area contributed by atoms with Gasteiger partial charge < -0.3 is 10.1 Å². The normalized spacial score (nSPS) is 9.91. The molecule has 0 aliphatic carbocycles. The summed E-state index contributed by atoms with van der Waals surface area (Å²) < 4.78 is 4.64. The third-order valence-corrected chi connectivity index (χ3v) is 3.10. The molecule has 0 fully saturated rings. The van der Waals surface area contributed by atoms with E-state index in [4.69, 9.17) is 0 Å². The number of benzene rings is 2. The van der Waals surface area contributed by atoms with Crippen molar-refractivity contribution in [2.45, 2.75) is 6.92 Å². The maximum absolute atomic E-state index is 12.1. The van der Waals surface area contributed by atoms with Gasteiger partial charge in [0, 0.05) is 5.56 Å². The molecule has 0 unspecified atom stereocenters. The molecule has 0 heterocycles. The quantitative estimate of drug-likeness (QED) is 0.535. The number of carbonyl (C=O) groups excluding carboxylic acids is 3. The van der Waals surface area contributed by atoms with Crippen LogP contribution in [0.1, 0.15) is 26.3 Å². The molecule has 2 aromatic carbocycles. The lowest BCUT2D eigenvalue weighted by atomic mass is 10.1. The van der Waals surface area contributed by atoms with E-state index in [0.717, 1.165) is 5.56 Å². The lowest BCUT2D eigenvalue weighted by Gasteiger charge is -2.09. The van der Waals surface area contributed by atoms with E-state index >= 15 is 0 Å². The van der Waals surface area contributed by atoms with Crippen LogP contribution in [0.15, 0.2) is 48.5 Å². The molecule has 5 heteroatoms. The van der Waals surface area contributed by atoms with E-state index in [2.05, 4.69) is 10.1 Å². The van der Waals surface area contributed by atoms with Crippen LogP contribution in [-0.4, -0.2) is 24.8 Å². The lowest BCUT2D eigenvalue weighted by Crippen LogP contribution is -2.24. The average Bonchev–Trinajstić information content (AvgIpc) is 2.54. The van der Waals surface area contributed by atoms with Crippen LogP contribution in [0.4, 0.5) is 5.69 Å². The highest BCUT2D eigenvalue weighted by Gasteiger charge is 2.19. The zero-order chi connectivity index (χ0) is 16.1. The number of hydrogen-bond acceptors (Lipinski definition) is 4. The van der Waals surface area contributed by atoms with E-state index in [9.17, 15) is 14.4 Å². The fourth-order valence-electron chi connectivity index (χ4n) is 1.90. The maximum Gasteiger partial charge on any atom is 0.339 e. The zero-order valence-electron chi connectivity index (χ0n) is 12.3. The third-order valence-electron chi connectivity index (χ3n) is 3.10.